The van der Waals surface area contributed by atoms with E-state index in [1.165, 1.54) is 18.2 Å². The molecular formula is C8H7BrFN3OS. The highest BCUT2D eigenvalue weighted by Crippen LogP contribution is 2.15. The van der Waals surface area contributed by atoms with Gasteiger partial charge in [0.15, 0.2) is 5.11 Å². The third-order valence-electron chi connectivity index (χ3n) is 1.47. The van der Waals surface area contributed by atoms with Crippen molar-refractivity contribution >= 4 is 39.2 Å². The Hall–Kier alpha value is -1.21. The van der Waals surface area contributed by atoms with Crippen molar-refractivity contribution in [3.05, 3.63) is 34.1 Å². The Labute approximate surface area is 99.1 Å². The van der Waals surface area contributed by atoms with Gasteiger partial charge in [-0.1, -0.05) is 15.9 Å². The fraction of sp³-hybridized carbons (Fsp3) is 0. The van der Waals surface area contributed by atoms with Crippen molar-refractivity contribution in [1.29, 1.82) is 0 Å². The molecule has 0 spiro atoms. The van der Waals surface area contributed by atoms with Crippen molar-refractivity contribution < 1.29 is 9.18 Å². The molecule has 15 heavy (non-hydrogen) atoms. The minimum Gasteiger partial charge on any atom is -0.375 e. The van der Waals surface area contributed by atoms with Gasteiger partial charge in [-0.3, -0.25) is 15.6 Å². The Morgan fingerprint density at radius 3 is 2.73 bits per heavy atom. The van der Waals surface area contributed by atoms with Crippen molar-refractivity contribution in [2.75, 3.05) is 0 Å². The van der Waals surface area contributed by atoms with Crippen molar-refractivity contribution in [3.63, 3.8) is 0 Å². The number of hydrogen-bond acceptors (Lipinski definition) is 2. The van der Waals surface area contributed by atoms with Crippen LogP contribution in [0.4, 0.5) is 4.39 Å². The zero-order valence-electron chi connectivity index (χ0n) is 7.38. The summed E-state index contributed by atoms with van der Waals surface area (Å²) in [5.74, 6) is -1.28. The Bertz CT molecular complexity index is 413. The Morgan fingerprint density at radius 1 is 1.47 bits per heavy atom. The van der Waals surface area contributed by atoms with E-state index in [0.717, 1.165) is 0 Å². The molecular weight excluding hydrogens is 285 g/mol. The highest BCUT2D eigenvalue weighted by Gasteiger charge is 2.11. The predicted octanol–water partition coefficient (Wildman–Crippen LogP) is 1.07. The van der Waals surface area contributed by atoms with E-state index in [0.29, 0.717) is 4.47 Å². The monoisotopic (exact) mass is 291 g/mol. The second kappa shape index (κ2) is 5.04. The first-order valence-electron chi connectivity index (χ1n) is 3.81. The number of halogens is 2. The normalized spacial score (nSPS) is 9.47. The Balaban J connectivity index is 2.81. The molecule has 0 aliphatic rings. The number of amides is 1. The summed E-state index contributed by atoms with van der Waals surface area (Å²) in [4.78, 5) is 11.4. The standard InChI is InChI=1S/C8H7BrFN3OS/c9-4-1-2-6(10)5(3-4)7(14)12-13-8(11)15/h1-3H,(H,12,14)(H3,11,13,15). The summed E-state index contributed by atoms with van der Waals surface area (Å²) in [5, 5.41) is -0.0984. The van der Waals surface area contributed by atoms with Gasteiger partial charge >= 0.3 is 0 Å². The van der Waals surface area contributed by atoms with Crippen LogP contribution in [-0.4, -0.2) is 11.0 Å². The van der Waals surface area contributed by atoms with E-state index in [4.69, 9.17) is 5.73 Å². The molecule has 0 fully saturated rings. The fourth-order valence-electron chi connectivity index (χ4n) is 0.857. The number of carbonyl (C=O) groups excluding carboxylic acids is 1. The van der Waals surface area contributed by atoms with E-state index in [-0.39, 0.29) is 10.7 Å². The number of benzene rings is 1. The molecule has 0 aliphatic carbocycles. The maximum absolute atomic E-state index is 13.2. The molecule has 0 aromatic heterocycles. The van der Waals surface area contributed by atoms with Gasteiger partial charge in [0.2, 0.25) is 0 Å². The van der Waals surface area contributed by atoms with Crippen LogP contribution >= 0.6 is 28.1 Å². The summed E-state index contributed by atoms with van der Waals surface area (Å²) in [6.45, 7) is 0. The first-order chi connectivity index (χ1) is 7.00. The molecule has 7 heteroatoms. The van der Waals surface area contributed by atoms with Crippen LogP contribution in [0.2, 0.25) is 0 Å². The lowest BCUT2D eigenvalue weighted by Crippen LogP contribution is -2.44. The van der Waals surface area contributed by atoms with Gasteiger partial charge in [-0.15, -0.1) is 0 Å². The van der Waals surface area contributed by atoms with E-state index in [2.05, 4.69) is 39.0 Å². The highest BCUT2D eigenvalue weighted by molar-refractivity contribution is 9.10. The van der Waals surface area contributed by atoms with Gasteiger partial charge < -0.3 is 5.73 Å². The van der Waals surface area contributed by atoms with Gasteiger partial charge in [-0.2, -0.15) is 0 Å². The van der Waals surface area contributed by atoms with Crippen LogP contribution in [0.15, 0.2) is 22.7 Å². The van der Waals surface area contributed by atoms with Gasteiger partial charge in [0.05, 0.1) is 5.56 Å². The van der Waals surface area contributed by atoms with E-state index in [1.54, 1.807) is 0 Å². The molecule has 0 heterocycles. The van der Waals surface area contributed by atoms with Crippen molar-refractivity contribution in [3.8, 4) is 0 Å². The lowest BCUT2D eigenvalue weighted by Gasteiger charge is -2.07. The average molecular weight is 292 g/mol. The molecule has 0 atom stereocenters. The zero-order chi connectivity index (χ0) is 11.4. The molecule has 1 aromatic carbocycles. The number of nitrogens with one attached hydrogen (secondary N) is 2. The summed E-state index contributed by atoms with van der Waals surface area (Å²) < 4.78 is 13.8. The van der Waals surface area contributed by atoms with Crippen molar-refractivity contribution in [2.45, 2.75) is 0 Å². The first-order valence-corrected chi connectivity index (χ1v) is 5.01. The van der Waals surface area contributed by atoms with E-state index in [9.17, 15) is 9.18 Å². The molecule has 0 saturated carbocycles. The number of carbonyl (C=O) groups is 1. The largest absolute Gasteiger partial charge is 0.375 e. The summed E-state index contributed by atoms with van der Waals surface area (Å²) in [6, 6.07) is 4.03. The van der Waals surface area contributed by atoms with Crippen LogP contribution in [0.5, 0.6) is 0 Å². The third-order valence-corrected chi connectivity index (χ3v) is 2.07. The van der Waals surface area contributed by atoms with Crippen LogP contribution in [0.25, 0.3) is 0 Å². The van der Waals surface area contributed by atoms with E-state index >= 15 is 0 Å². The molecule has 1 rings (SSSR count). The molecule has 4 nitrogen and oxygen atoms in total. The number of thiocarbonyl (C=S) groups is 1. The van der Waals surface area contributed by atoms with Crippen LogP contribution in [-0.2, 0) is 0 Å². The van der Waals surface area contributed by atoms with E-state index in [1.807, 2.05) is 0 Å². The van der Waals surface area contributed by atoms with Crippen LogP contribution in [0, 0.1) is 5.82 Å². The number of nitrogens with two attached hydrogens (primary N) is 1. The van der Waals surface area contributed by atoms with Crippen molar-refractivity contribution in [1.82, 2.24) is 10.9 Å². The molecule has 4 N–H and O–H groups in total. The zero-order valence-corrected chi connectivity index (χ0v) is 9.78. The SMILES string of the molecule is NC(=S)NNC(=O)c1cc(Br)ccc1F. The fourth-order valence-corrected chi connectivity index (χ4v) is 1.27. The second-order valence-electron chi connectivity index (χ2n) is 2.57. The van der Waals surface area contributed by atoms with E-state index < -0.39 is 11.7 Å². The van der Waals surface area contributed by atoms with Gasteiger partial charge in [-0.05, 0) is 30.4 Å². The van der Waals surface area contributed by atoms with Gasteiger partial charge in [0, 0.05) is 4.47 Å². The minimum absolute atomic E-state index is 0.0984. The number of hydrazine groups is 1. The summed E-state index contributed by atoms with van der Waals surface area (Å²) in [7, 11) is 0. The smallest absolute Gasteiger partial charge is 0.272 e. The predicted molar refractivity (Wildman–Crippen MR) is 61.5 cm³/mol. The molecule has 0 bridgehead atoms. The van der Waals surface area contributed by atoms with Crippen molar-refractivity contribution in [2.24, 2.45) is 5.73 Å². The molecule has 0 radical (unpaired) electrons. The molecule has 1 amide bonds. The summed E-state index contributed by atoms with van der Waals surface area (Å²) >= 11 is 7.60. The molecule has 1 aromatic rings. The summed E-state index contributed by atoms with van der Waals surface area (Å²) in [5.41, 5.74) is 9.35. The molecule has 80 valence electrons. The van der Waals surface area contributed by atoms with Crippen LogP contribution in [0.3, 0.4) is 0 Å². The Kier molecular flexibility index (Phi) is 3.98. The average Bonchev–Trinajstić information content (AvgIpc) is 2.18. The lowest BCUT2D eigenvalue weighted by molar-refractivity contribution is 0.0940. The second-order valence-corrected chi connectivity index (χ2v) is 3.92. The lowest BCUT2D eigenvalue weighted by atomic mass is 10.2. The maximum atomic E-state index is 13.2. The number of hydrogen-bond donors (Lipinski definition) is 3. The topological polar surface area (TPSA) is 67.2 Å². The molecule has 0 aliphatic heterocycles. The quantitative estimate of drug-likeness (QED) is 0.535. The minimum atomic E-state index is -0.651. The first kappa shape index (κ1) is 11.9. The summed E-state index contributed by atoms with van der Waals surface area (Å²) in [6.07, 6.45) is 0. The molecule has 0 unspecified atom stereocenters. The maximum Gasteiger partial charge on any atom is 0.272 e. The van der Waals surface area contributed by atoms with Crippen LogP contribution in [0.1, 0.15) is 10.4 Å². The Morgan fingerprint density at radius 2 is 2.13 bits per heavy atom. The highest BCUT2D eigenvalue weighted by atomic mass is 79.9. The van der Waals surface area contributed by atoms with Gasteiger partial charge in [0.25, 0.3) is 5.91 Å². The molecule has 0 saturated heterocycles. The number of rotatable bonds is 1. The van der Waals surface area contributed by atoms with Gasteiger partial charge in [-0.25, -0.2) is 4.39 Å². The van der Waals surface area contributed by atoms with Gasteiger partial charge in [0.1, 0.15) is 5.82 Å². The van der Waals surface area contributed by atoms with Crippen LogP contribution < -0.4 is 16.6 Å². The third kappa shape index (κ3) is 3.45.